The number of benzene rings is 1. The first-order chi connectivity index (χ1) is 11.2. The summed E-state index contributed by atoms with van der Waals surface area (Å²) in [6.07, 6.45) is 4.96. The fourth-order valence-corrected chi connectivity index (χ4v) is 3.04. The van der Waals surface area contributed by atoms with Gasteiger partial charge in [0, 0.05) is 12.4 Å². The van der Waals surface area contributed by atoms with Crippen molar-refractivity contribution in [3.8, 4) is 5.75 Å². The maximum atomic E-state index is 12.6. The second kappa shape index (κ2) is 6.66. The van der Waals surface area contributed by atoms with Gasteiger partial charge in [-0.3, -0.25) is 14.6 Å². The van der Waals surface area contributed by atoms with E-state index in [2.05, 4.69) is 4.98 Å². The highest BCUT2D eigenvalue weighted by atomic mass is 32.2. The molecule has 2 aromatic rings. The first-order valence-corrected chi connectivity index (χ1v) is 7.92. The summed E-state index contributed by atoms with van der Waals surface area (Å²) in [5, 5.41) is -0.336. The van der Waals surface area contributed by atoms with Crippen LogP contribution in [0.15, 0.2) is 53.7 Å². The number of rotatable bonds is 4. The minimum atomic E-state index is -0.351. The molecule has 5 nitrogen and oxygen atoms in total. The predicted molar refractivity (Wildman–Crippen MR) is 90.3 cm³/mol. The molecular weight excluding hydrogens is 312 g/mol. The zero-order valence-corrected chi connectivity index (χ0v) is 13.2. The summed E-state index contributed by atoms with van der Waals surface area (Å²) < 4.78 is 5.51. The first kappa shape index (κ1) is 15.3. The number of carbonyl (C=O) groups excluding carboxylic acids is 2. The molecule has 0 atom stereocenters. The molecular formula is C17H14N2O3S. The lowest BCUT2D eigenvalue weighted by molar-refractivity contribution is -0.113. The van der Waals surface area contributed by atoms with Gasteiger partial charge in [0.05, 0.1) is 17.2 Å². The number of amides is 2. The fraction of sp³-hybridized carbons (Fsp3) is 0.118. The fourth-order valence-electron chi connectivity index (χ4n) is 2.21. The molecule has 0 unspecified atom stereocenters. The molecule has 0 radical (unpaired) electrons. The Balaban J connectivity index is 1.95. The van der Waals surface area contributed by atoms with Gasteiger partial charge in [-0.25, -0.2) is 4.90 Å². The van der Waals surface area contributed by atoms with Crippen LogP contribution < -0.4 is 9.64 Å². The van der Waals surface area contributed by atoms with Crippen molar-refractivity contribution in [2.45, 2.75) is 6.92 Å². The minimum Gasteiger partial charge on any atom is -0.492 e. The average Bonchev–Trinajstić information content (AvgIpc) is 2.83. The largest absolute Gasteiger partial charge is 0.492 e. The molecule has 3 rings (SSSR count). The molecule has 0 saturated carbocycles. The number of carbonyl (C=O) groups is 2. The number of ether oxygens (including phenoxy) is 1. The molecule has 1 aliphatic heterocycles. The van der Waals surface area contributed by atoms with Crippen molar-refractivity contribution in [3.63, 3.8) is 0 Å². The lowest BCUT2D eigenvalue weighted by Crippen LogP contribution is -2.28. The van der Waals surface area contributed by atoms with Crippen molar-refractivity contribution in [3.05, 3.63) is 59.3 Å². The Kier molecular flexibility index (Phi) is 4.43. The molecule has 6 heteroatoms. The smallest absolute Gasteiger partial charge is 0.298 e. The van der Waals surface area contributed by atoms with Crippen molar-refractivity contribution >= 4 is 34.7 Å². The van der Waals surface area contributed by atoms with E-state index in [4.69, 9.17) is 4.74 Å². The van der Waals surface area contributed by atoms with E-state index in [0.717, 1.165) is 22.2 Å². The Hall–Kier alpha value is -2.60. The third-order valence-electron chi connectivity index (χ3n) is 3.18. The van der Waals surface area contributed by atoms with Crippen LogP contribution in [-0.2, 0) is 4.79 Å². The number of aromatic nitrogens is 1. The number of thioether (sulfide) groups is 1. The van der Waals surface area contributed by atoms with Gasteiger partial charge >= 0.3 is 0 Å². The molecule has 0 bridgehead atoms. The number of nitrogens with zero attached hydrogens (tertiary/aromatic N) is 2. The lowest BCUT2D eigenvalue weighted by Gasteiger charge is -2.16. The van der Waals surface area contributed by atoms with Gasteiger partial charge < -0.3 is 4.74 Å². The monoisotopic (exact) mass is 326 g/mol. The summed E-state index contributed by atoms with van der Waals surface area (Å²) >= 11 is 0.913. The number of hydrogen-bond acceptors (Lipinski definition) is 5. The van der Waals surface area contributed by atoms with E-state index in [1.54, 1.807) is 48.8 Å². The molecule has 1 aromatic heterocycles. The number of imide groups is 1. The normalized spacial score (nSPS) is 16.2. The highest BCUT2D eigenvalue weighted by molar-refractivity contribution is 8.19. The second-order valence-electron chi connectivity index (χ2n) is 4.70. The van der Waals surface area contributed by atoms with Crippen LogP contribution >= 0.6 is 11.8 Å². The number of pyridine rings is 1. The number of para-hydroxylation sites is 2. The van der Waals surface area contributed by atoms with Crippen molar-refractivity contribution in [2.24, 2.45) is 0 Å². The van der Waals surface area contributed by atoms with Crippen LogP contribution in [0.5, 0.6) is 5.75 Å². The van der Waals surface area contributed by atoms with Gasteiger partial charge in [0.2, 0.25) is 0 Å². The van der Waals surface area contributed by atoms with E-state index in [1.807, 2.05) is 13.0 Å². The summed E-state index contributed by atoms with van der Waals surface area (Å²) in [5.41, 5.74) is 1.24. The van der Waals surface area contributed by atoms with Crippen molar-refractivity contribution in [2.75, 3.05) is 11.5 Å². The first-order valence-electron chi connectivity index (χ1n) is 7.10. The standard InChI is InChI=1S/C17H14N2O3S/c1-2-22-14-8-4-3-7-13(14)19-16(20)15(23-17(19)21)10-12-6-5-9-18-11-12/h3-11H,2H2,1H3/b15-10-. The van der Waals surface area contributed by atoms with E-state index in [-0.39, 0.29) is 11.1 Å². The third-order valence-corrected chi connectivity index (χ3v) is 4.05. The molecule has 1 aliphatic rings. The minimum absolute atomic E-state index is 0.336. The third kappa shape index (κ3) is 3.12. The van der Waals surface area contributed by atoms with Crippen LogP contribution in [0.3, 0.4) is 0 Å². The SMILES string of the molecule is CCOc1ccccc1N1C(=O)S/C(=C\c2cccnc2)C1=O. The molecule has 1 saturated heterocycles. The summed E-state index contributed by atoms with van der Waals surface area (Å²) in [4.78, 5) is 30.4. The predicted octanol–water partition coefficient (Wildman–Crippen LogP) is 3.72. The van der Waals surface area contributed by atoms with Gasteiger partial charge in [-0.15, -0.1) is 0 Å². The van der Waals surface area contributed by atoms with Crippen LogP contribution in [0.4, 0.5) is 10.5 Å². The maximum Gasteiger partial charge on any atom is 0.298 e. The van der Waals surface area contributed by atoms with Gasteiger partial charge in [-0.05, 0) is 48.5 Å². The Morgan fingerprint density at radius 2 is 2.04 bits per heavy atom. The highest BCUT2D eigenvalue weighted by Crippen LogP contribution is 2.39. The molecule has 2 amide bonds. The number of hydrogen-bond donors (Lipinski definition) is 0. The molecule has 0 aliphatic carbocycles. The summed E-state index contributed by atoms with van der Waals surface area (Å²) in [5.74, 6) is 0.163. The molecule has 116 valence electrons. The zero-order chi connectivity index (χ0) is 16.2. The summed E-state index contributed by atoms with van der Waals surface area (Å²) in [6.45, 7) is 2.31. The zero-order valence-electron chi connectivity index (χ0n) is 12.4. The van der Waals surface area contributed by atoms with Gasteiger partial charge in [0.1, 0.15) is 5.75 Å². The average molecular weight is 326 g/mol. The van der Waals surface area contributed by atoms with Crippen molar-refractivity contribution < 1.29 is 14.3 Å². The Morgan fingerprint density at radius 3 is 2.78 bits per heavy atom. The maximum absolute atomic E-state index is 12.6. The lowest BCUT2D eigenvalue weighted by atomic mass is 10.2. The van der Waals surface area contributed by atoms with Crippen LogP contribution in [0.2, 0.25) is 0 Å². The van der Waals surface area contributed by atoms with Gasteiger partial charge in [-0.1, -0.05) is 18.2 Å². The second-order valence-corrected chi connectivity index (χ2v) is 5.70. The van der Waals surface area contributed by atoms with Gasteiger partial charge in [-0.2, -0.15) is 0 Å². The summed E-state index contributed by atoms with van der Waals surface area (Å²) in [7, 11) is 0. The molecule has 1 fully saturated rings. The Bertz CT molecular complexity index is 774. The van der Waals surface area contributed by atoms with E-state index < -0.39 is 0 Å². The Morgan fingerprint density at radius 1 is 1.22 bits per heavy atom. The van der Waals surface area contributed by atoms with Crippen LogP contribution in [0.25, 0.3) is 6.08 Å². The topological polar surface area (TPSA) is 59.5 Å². The summed E-state index contributed by atoms with van der Waals surface area (Å²) in [6, 6.07) is 10.6. The van der Waals surface area contributed by atoms with Gasteiger partial charge in [0.25, 0.3) is 11.1 Å². The Labute approximate surface area is 138 Å². The van der Waals surface area contributed by atoms with Crippen LogP contribution in [-0.4, -0.2) is 22.7 Å². The van der Waals surface area contributed by atoms with E-state index in [9.17, 15) is 9.59 Å². The van der Waals surface area contributed by atoms with Crippen molar-refractivity contribution in [1.82, 2.24) is 4.98 Å². The molecule has 1 aromatic carbocycles. The quantitative estimate of drug-likeness (QED) is 0.801. The van der Waals surface area contributed by atoms with Gasteiger partial charge in [0.15, 0.2) is 0 Å². The van der Waals surface area contributed by atoms with Crippen LogP contribution in [0.1, 0.15) is 12.5 Å². The molecule has 23 heavy (non-hydrogen) atoms. The molecule has 0 spiro atoms. The van der Waals surface area contributed by atoms with E-state index in [0.29, 0.717) is 22.9 Å². The van der Waals surface area contributed by atoms with E-state index >= 15 is 0 Å². The molecule has 2 heterocycles. The van der Waals surface area contributed by atoms with Crippen LogP contribution in [0, 0.1) is 0 Å². The number of anilines is 1. The van der Waals surface area contributed by atoms with Crippen molar-refractivity contribution in [1.29, 1.82) is 0 Å². The highest BCUT2D eigenvalue weighted by Gasteiger charge is 2.37. The molecule has 0 N–H and O–H groups in total. The van der Waals surface area contributed by atoms with E-state index in [1.165, 1.54) is 0 Å².